The van der Waals surface area contributed by atoms with Crippen LogP contribution in [-0.2, 0) is 16.0 Å². The molecular weight excluding hydrogens is 335 g/mol. The maximum atomic E-state index is 13.9. The molecular formula is C20H17FN2O3. The molecule has 1 heterocycles. The van der Waals surface area contributed by atoms with E-state index in [1.54, 1.807) is 42.6 Å². The summed E-state index contributed by atoms with van der Waals surface area (Å²) in [4.78, 5) is 29.0. The Labute approximate surface area is 149 Å². The number of fused-ring (bicyclic) bond motifs is 1. The van der Waals surface area contributed by atoms with Crippen molar-refractivity contribution in [2.24, 2.45) is 0 Å². The van der Waals surface area contributed by atoms with Gasteiger partial charge in [-0.2, -0.15) is 0 Å². The fourth-order valence-corrected chi connectivity index (χ4v) is 2.74. The van der Waals surface area contributed by atoms with Gasteiger partial charge in [0.15, 0.2) is 0 Å². The highest BCUT2D eigenvalue weighted by Gasteiger charge is 2.24. The van der Waals surface area contributed by atoms with Gasteiger partial charge < -0.3 is 10.1 Å². The van der Waals surface area contributed by atoms with Crippen molar-refractivity contribution in [3.05, 3.63) is 77.7 Å². The number of amides is 1. The normalized spacial score (nSPS) is 11.8. The van der Waals surface area contributed by atoms with Crippen LogP contribution in [0, 0.1) is 5.82 Å². The molecule has 132 valence electrons. The number of pyridine rings is 1. The smallest absolute Gasteiger partial charge is 0.328 e. The van der Waals surface area contributed by atoms with Crippen LogP contribution < -0.4 is 5.32 Å². The number of nitrogens with one attached hydrogen (secondary N) is 1. The number of para-hydroxylation sites is 1. The van der Waals surface area contributed by atoms with Crippen LogP contribution in [0.2, 0.25) is 0 Å². The average Bonchev–Trinajstić information content (AvgIpc) is 2.67. The lowest BCUT2D eigenvalue weighted by atomic mass is 10.0. The highest BCUT2D eigenvalue weighted by Crippen LogP contribution is 2.17. The number of halogens is 1. The van der Waals surface area contributed by atoms with Gasteiger partial charge in [0.05, 0.1) is 18.2 Å². The first-order valence-electron chi connectivity index (χ1n) is 8.06. The zero-order valence-electron chi connectivity index (χ0n) is 14.1. The highest BCUT2D eigenvalue weighted by molar-refractivity contribution is 6.06. The second-order valence-electron chi connectivity index (χ2n) is 5.73. The Balaban J connectivity index is 1.88. The van der Waals surface area contributed by atoms with Crippen LogP contribution in [-0.4, -0.2) is 30.0 Å². The van der Waals surface area contributed by atoms with Crippen LogP contribution in [0.5, 0.6) is 0 Å². The minimum Gasteiger partial charge on any atom is -0.467 e. The third-order valence-corrected chi connectivity index (χ3v) is 4.05. The molecule has 0 aliphatic carbocycles. The van der Waals surface area contributed by atoms with Gasteiger partial charge in [0.1, 0.15) is 11.9 Å². The predicted molar refractivity (Wildman–Crippen MR) is 95.1 cm³/mol. The number of nitrogens with zero attached hydrogens (tertiary/aromatic N) is 1. The summed E-state index contributed by atoms with van der Waals surface area (Å²) in [5.41, 5.74) is 1.19. The van der Waals surface area contributed by atoms with Crippen LogP contribution in [0.25, 0.3) is 10.9 Å². The molecule has 0 spiro atoms. The molecule has 0 aliphatic heterocycles. The minimum absolute atomic E-state index is 0.0106. The number of esters is 1. The third-order valence-electron chi connectivity index (χ3n) is 4.05. The first kappa shape index (κ1) is 17.5. The van der Waals surface area contributed by atoms with E-state index >= 15 is 0 Å². The van der Waals surface area contributed by atoms with Gasteiger partial charge in [0.25, 0.3) is 5.91 Å². The number of carbonyl (C=O) groups excluding carboxylic acids is 2. The average molecular weight is 352 g/mol. The molecule has 1 aromatic heterocycles. The molecule has 6 heteroatoms. The lowest BCUT2D eigenvalue weighted by molar-refractivity contribution is -0.142. The number of carbonyl (C=O) groups is 2. The zero-order chi connectivity index (χ0) is 18.5. The van der Waals surface area contributed by atoms with Crippen molar-refractivity contribution in [3.8, 4) is 0 Å². The van der Waals surface area contributed by atoms with Crippen molar-refractivity contribution in [1.82, 2.24) is 10.3 Å². The molecule has 1 N–H and O–H groups in total. The zero-order valence-corrected chi connectivity index (χ0v) is 14.1. The van der Waals surface area contributed by atoms with Crippen LogP contribution in [0.4, 0.5) is 4.39 Å². The number of aromatic nitrogens is 1. The minimum atomic E-state index is -1.01. The van der Waals surface area contributed by atoms with Crippen molar-refractivity contribution >= 4 is 22.8 Å². The van der Waals surface area contributed by atoms with E-state index in [-0.39, 0.29) is 6.42 Å². The standard InChI is InChI=1S/C20H17FN2O3/c1-26-20(25)17(12-14-6-2-3-10-16(14)21)23-19(24)15-9-4-7-13-8-5-11-22-18(13)15/h2-11,17H,12H2,1H3,(H,23,24)/t17-/m0/s1. The van der Waals surface area contributed by atoms with Gasteiger partial charge in [-0.1, -0.05) is 36.4 Å². The van der Waals surface area contributed by atoms with Gasteiger partial charge >= 0.3 is 5.97 Å². The Kier molecular flexibility index (Phi) is 5.22. The summed E-state index contributed by atoms with van der Waals surface area (Å²) >= 11 is 0. The second-order valence-corrected chi connectivity index (χ2v) is 5.73. The summed E-state index contributed by atoms with van der Waals surface area (Å²) in [5, 5.41) is 3.44. The monoisotopic (exact) mass is 352 g/mol. The summed E-state index contributed by atoms with van der Waals surface area (Å²) in [5.74, 6) is -1.56. The summed E-state index contributed by atoms with van der Waals surface area (Å²) in [6.07, 6.45) is 1.58. The SMILES string of the molecule is COC(=O)[C@H](Cc1ccccc1F)NC(=O)c1cccc2cccnc12. The van der Waals surface area contributed by atoms with E-state index in [1.165, 1.54) is 13.2 Å². The summed E-state index contributed by atoms with van der Waals surface area (Å²) in [6, 6.07) is 13.9. The number of rotatable bonds is 5. The van der Waals surface area contributed by atoms with Crippen molar-refractivity contribution < 1.29 is 18.7 Å². The maximum Gasteiger partial charge on any atom is 0.328 e. The molecule has 5 nitrogen and oxygen atoms in total. The Hall–Kier alpha value is -3.28. The van der Waals surface area contributed by atoms with Crippen molar-refractivity contribution in [1.29, 1.82) is 0 Å². The Morgan fingerprint density at radius 1 is 1.12 bits per heavy atom. The quantitative estimate of drug-likeness (QED) is 0.717. The van der Waals surface area contributed by atoms with Crippen LogP contribution in [0.15, 0.2) is 60.8 Å². The molecule has 1 atom stereocenters. The second kappa shape index (κ2) is 7.74. The van der Waals surface area contributed by atoms with E-state index in [1.807, 2.05) is 12.1 Å². The Morgan fingerprint density at radius 3 is 2.65 bits per heavy atom. The molecule has 2 aromatic carbocycles. The largest absolute Gasteiger partial charge is 0.467 e. The molecule has 0 aliphatic rings. The molecule has 0 saturated carbocycles. The van der Waals surface area contributed by atoms with Gasteiger partial charge in [-0.25, -0.2) is 9.18 Å². The van der Waals surface area contributed by atoms with Crippen molar-refractivity contribution in [2.75, 3.05) is 7.11 Å². The number of benzene rings is 2. The molecule has 1 amide bonds. The fourth-order valence-electron chi connectivity index (χ4n) is 2.74. The van der Waals surface area contributed by atoms with Gasteiger partial charge in [-0.3, -0.25) is 9.78 Å². The first-order valence-corrected chi connectivity index (χ1v) is 8.06. The number of hydrogen-bond acceptors (Lipinski definition) is 4. The van der Waals surface area contributed by atoms with E-state index in [4.69, 9.17) is 4.74 Å². The van der Waals surface area contributed by atoms with E-state index in [0.717, 1.165) is 5.39 Å². The van der Waals surface area contributed by atoms with Crippen LogP contribution >= 0.6 is 0 Å². The lowest BCUT2D eigenvalue weighted by Gasteiger charge is -2.17. The van der Waals surface area contributed by atoms with Gasteiger partial charge in [0, 0.05) is 18.0 Å². The van der Waals surface area contributed by atoms with Crippen molar-refractivity contribution in [2.45, 2.75) is 12.5 Å². The fraction of sp³-hybridized carbons (Fsp3) is 0.150. The van der Waals surface area contributed by atoms with E-state index in [9.17, 15) is 14.0 Å². The molecule has 0 bridgehead atoms. The van der Waals surface area contributed by atoms with Gasteiger partial charge in [-0.05, 0) is 23.8 Å². The molecule has 3 aromatic rings. The third kappa shape index (κ3) is 3.69. The van der Waals surface area contributed by atoms with Crippen LogP contribution in [0.1, 0.15) is 15.9 Å². The summed E-state index contributed by atoms with van der Waals surface area (Å²) in [6.45, 7) is 0. The number of hydrogen-bond donors (Lipinski definition) is 1. The molecule has 0 saturated heterocycles. The molecule has 3 rings (SSSR count). The van der Waals surface area contributed by atoms with Gasteiger partial charge in [-0.15, -0.1) is 0 Å². The molecule has 26 heavy (non-hydrogen) atoms. The molecule has 0 unspecified atom stereocenters. The molecule has 0 fully saturated rings. The molecule has 0 radical (unpaired) electrons. The number of ether oxygens (including phenoxy) is 1. The van der Waals surface area contributed by atoms with E-state index in [2.05, 4.69) is 10.3 Å². The topological polar surface area (TPSA) is 68.3 Å². The van der Waals surface area contributed by atoms with Gasteiger partial charge in [0.2, 0.25) is 0 Å². The maximum absolute atomic E-state index is 13.9. The van der Waals surface area contributed by atoms with Crippen molar-refractivity contribution in [3.63, 3.8) is 0 Å². The lowest BCUT2D eigenvalue weighted by Crippen LogP contribution is -2.43. The summed E-state index contributed by atoms with van der Waals surface area (Å²) in [7, 11) is 1.22. The Morgan fingerprint density at radius 2 is 1.88 bits per heavy atom. The first-order chi connectivity index (χ1) is 12.6. The highest BCUT2D eigenvalue weighted by atomic mass is 19.1. The van der Waals surface area contributed by atoms with E-state index in [0.29, 0.717) is 16.6 Å². The van der Waals surface area contributed by atoms with Crippen LogP contribution in [0.3, 0.4) is 0 Å². The predicted octanol–water partition coefficient (Wildman–Crippen LogP) is 2.89. The summed E-state index contributed by atoms with van der Waals surface area (Å²) < 4.78 is 18.7. The number of methoxy groups -OCH3 is 1. The van der Waals surface area contributed by atoms with E-state index < -0.39 is 23.7 Å². The Bertz CT molecular complexity index is 953.